The highest BCUT2D eigenvalue weighted by Gasteiger charge is 2.18. The van der Waals surface area contributed by atoms with Crippen LogP contribution < -0.4 is 5.73 Å². The van der Waals surface area contributed by atoms with Crippen LogP contribution in [-0.4, -0.2) is 32.2 Å². The van der Waals surface area contributed by atoms with Crippen LogP contribution >= 0.6 is 11.8 Å². The summed E-state index contributed by atoms with van der Waals surface area (Å²) in [6, 6.07) is 8.79. The maximum atomic E-state index is 13.0. The SMILES string of the molecule is NC(=O)CCn1c(SCC(=O)c2ccc(F)cc2)nnc1-c1ccco1. The van der Waals surface area contributed by atoms with Crippen molar-refractivity contribution in [2.45, 2.75) is 18.1 Å². The van der Waals surface area contributed by atoms with Crippen molar-refractivity contribution in [1.82, 2.24) is 14.8 Å². The number of furan rings is 1. The summed E-state index contributed by atoms with van der Waals surface area (Å²) in [7, 11) is 0. The summed E-state index contributed by atoms with van der Waals surface area (Å²) in [6.07, 6.45) is 1.61. The molecule has 3 rings (SSSR count). The van der Waals surface area contributed by atoms with Crippen LogP contribution in [0.3, 0.4) is 0 Å². The number of benzene rings is 1. The Hall–Kier alpha value is -2.94. The third-order valence-corrected chi connectivity index (χ3v) is 4.51. The highest BCUT2D eigenvalue weighted by atomic mass is 32.2. The summed E-state index contributed by atoms with van der Waals surface area (Å²) < 4.78 is 20.0. The van der Waals surface area contributed by atoms with Gasteiger partial charge in [-0.3, -0.25) is 14.2 Å². The second-order valence-electron chi connectivity index (χ2n) is 5.37. The van der Waals surface area contributed by atoms with Gasteiger partial charge < -0.3 is 10.2 Å². The average Bonchev–Trinajstić information content (AvgIpc) is 3.27. The summed E-state index contributed by atoms with van der Waals surface area (Å²) >= 11 is 1.18. The number of Topliss-reactive ketones (excluding diaryl/α,β-unsaturated/α-hetero) is 1. The van der Waals surface area contributed by atoms with E-state index in [4.69, 9.17) is 10.2 Å². The lowest BCUT2D eigenvalue weighted by molar-refractivity contribution is -0.118. The standard InChI is InChI=1S/C17H15FN4O3S/c18-12-5-3-11(4-6-12)13(23)10-26-17-21-20-16(14-2-1-9-25-14)22(17)8-7-15(19)24/h1-6,9H,7-8,10H2,(H2,19,24). The molecule has 0 radical (unpaired) electrons. The van der Waals surface area contributed by atoms with Crippen LogP contribution in [0.4, 0.5) is 4.39 Å². The molecular weight excluding hydrogens is 359 g/mol. The lowest BCUT2D eigenvalue weighted by atomic mass is 10.1. The van der Waals surface area contributed by atoms with Crippen LogP contribution in [0.5, 0.6) is 0 Å². The molecule has 134 valence electrons. The Morgan fingerprint density at radius 1 is 1.19 bits per heavy atom. The monoisotopic (exact) mass is 374 g/mol. The minimum Gasteiger partial charge on any atom is -0.461 e. The molecule has 1 aromatic carbocycles. The van der Waals surface area contributed by atoms with Crippen LogP contribution in [0.25, 0.3) is 11.6 Å². The van der Waals surface area contributed by atoms with Gasteiger partial charge in [-0.05, 0) is 36.4 Å². The van der Waals surface area contributed by atoms with Crippen LogP contribution in [0.15, 0.2) is 52.2 Å². The van der Waals surface area contributed by atoms with Gasteiger partial charge in [-0.1, -0.05) is 11.8 Å². The minimum atomic E-state index is -0.456. The van der Waals surface area contributed by atoms with Gasteiger partial charge in [0.25, 0.3) is 0 Å². The first-order chi connectivity index (χ1) is 12.5. The van der Waals surface area contributed by atoms with Crippen molar-refractivity contribution < 1.29 is 18.4 Å². The molecule has 0 atom stereocenters. The van der Waals surface area contributed by atoms with Crippen LogP contribution in [0, 0.1) is 5.82 Å². The van der Waals surface area contributed by atoms with Crippen molar-refractivity contribution in [3.05, 3.63) is 54.0 Å². The van der Waals surface area contributed by atoms with E-state index in [1.165, 1.54) is 42.3 Å². The van der Waals surface area contributed by atoms with Gasteiger partial charge in [0, 0.05) is 18.5 Å². The fraction of sp³-hybridized carbons (Fsp3) is 0.176. The summed E-state index contributed by atoms with van der Waals surface area (Å²) in [5.74, 6) is 0.0231. The van der Waals surface area contributed by atoms with Crippen molar-refractivity contribution in [3.63, 3.8) is 0 Å². The highest BCUT2D eigenvalue weighted by molar-refractivity contribution is 7.99. The van der Waals surface area contributed by atoms with Crippen LogP contribution in [0.2, 0.25) is 0 Å². The Kier molecular flexibility index (Phi) is 5.47. The van der Waals surface area contributed by atoms with Crippen molar-refractivity contribution >= 4 is 23.5 Å². The fourth-order valence-corrected chi connectivity index (χ4v) is 3.12. The summed E-state index contributed by atoms with van der Waals surface area (Å²) in [5, 5.41) is 8.63. The Morgan fingerprint density at radius 2 is 1.96 bits per heavy atom. The molecule has 1 amide bonds. The lowest BCUT2D eigenvalue weighted by Gasteiger charge is -2.07. The van der Waals surface area contributed by atoms with Gasteiger partial charge in [-0.15, -0.1) is 10.2 Å². The number of amides is 1. The largest absolute Gasteiger partial charge is 0.461 e. The Labute approximate surface area is 152 Å². The molecule has 0 saturated carbocycles. The Bertz CT molecular complexity index is 907. The number of carbonyl (C=O) groups is 2. The molecule has 2 N–H and O–H groups in total. The first kappa shape index (κ1) is 17.9. The molecule has 0 aliphatic carbocycles. The second kappa shape index (κ2) is 7.96. The number of halogens is 1. The highest BCUT2D eigenvalue weighted by Crippen LogP contribution is 2.25. The van der Waals surface area contributed by atoms with Crippen molar-refractivity contribution in [1.29, 1.82) is 0 Å². The zero-order valence-corrected chi connectivity index (χ0v) is 14.4. The quantitative estimate of drug-likeness (QED) is 0.480. The normalized spacial score (nSPS) is 10.8. The zero-order chi connectivity index (χ0) is 18.5. The van der Waals surface area contributed by atoms with E-state index < -0.39 is 11.7 Å². The number of thioether (sulfide) groups is 1. The summed E-state index contributed by atoms with van der Waals surface area (Å²) in [4.78, 5) is 23.4. The molecule has 0 fully saturated rings. The third-order valence-electron chi connectivity index (χ3n) is 3.54. The molecule has 0 aliphatic heterocycles. The van der Waals surface area contributed by atoms with Crippen molar-refractivity contribution in [2.75, 3.05) is 5.75 Å². The van der Waals surface area contributed by atoms with E-state index in [-0.39, 0.29) is 24.5 Å². The molecule has 9 heteroatoms. The topological polar surface area (TPSA) is 104 Å². The maximum absolute atomic E-state index is 13.0. The number of rotatable bonds is 8. The van der Waals surface area contributed by atoms with Gasteiger partial charge in [0.1, 0.15) is 5.82 Å². The molecule has 0 spiro atoms. The van der Waals surface area contributed by atoms with E-state index in [1.807, 2.05) is 0 Å². The first-order valence-electron chi connectivity index (χ1n) is 7.71. The molecule has 0 aliphatic rings. The molecule has 2 heterocycles. The van der Waals surface area contributed by atoms with Gasteiger partial charge in [-0.25, -0.2) is 4.39 Å². The Balaban J connectivity index is 1.77. The molecule has 26 heavy (non-hydrogen) atoms. The molecular formula is C17H15FN4O3S. The number of hydrogen-bond donors (Lipinski definition) is 1. The number of carbonyl (C=O) groups excluding carboxylic acids is 2. The van der Waals surface area contributed by atoms with Crippen LogP contribution in [-0.2, 0) is 11.3 Å². The number of ketones is 1. The van der Waals surface area contributed by atoms with E-state index in [2.05, 4.69) is 10.2 Å². The number of nitrogens with zero attached hydrogens (tertiary/aromatic N) is 3. The fourth-order valence-electron chi connectivity index (χ4n) is 2.26. The number of nitrogens with two attached hydrogens (primary N) is 1. The summed E-state index contributed by atoms with van der Waals surface area (Å²) in [6.45, 7) is 0.269. The van der Waals surface area contributed by atoms with E-state index in [9.17, 15) is 14.0 Å². The van der Waals surface area contributed by atoms with Crippen molar-refractivity contribution in [3.8, 4) is 11.6 Å². The molecule has 0 bridgehead atoms. The Morgan fingerprint density at radius 3 is 2.62 bits per heavy atom. The smallest absolute Gasteiger partial charge is 0.219 e. The predicted molar refractivity (Wildman–Crippen MR) is 93.0 cm³/mol. The molecule has 0 unspecified atom stereocenters. The molecule has 2 aromatic heterocycles. The number of aromatic nitrogens is 3. The van der Waals surface area contributed by atoms with Crippen molar-refractivity contribution in [2.24, 2.45) is 5.73 Å². The summed E-state index contributed by atoms with van der Waals surface area (Å²) in [5.41, 5.74) is 5.64. The van der Waals surface area contributed by atoms with Gasteiger partial charge in [0.15, 0.2) is 22.5 Å². The van der Waals surface area contributed by atoms with E-state index in [0.29, 0.717) is 22.3 Å². The lowest BCUT2D eigenvalue weighted by Crippen LogP contribution is -2.15. The molecule has 7 nitrogen and oxygen atoms in total. The van der Waals surface area contributed by atoms with Gasteiger partial charge in [-0.2, -0.15) is 0 Å². The second-order valence-corrected chi connectivity index (χ2v) is 6.31. The number of primary amides is 1. The first-order valence-corrected chi connectivity index (χ1v) is 8.70. The predicted octanol–water partition coefficient (Wildman–Crippen LogP) is 2.53. The van der Waals surface area contributed by atoms with Gasteiger partial charge in [0.2, 0.25) is 5.91 Å². The number of hydrogen-bond acceptors (Lipinski definition) is 6. The van der Waals surface area contributed by atoms with Gasteiger partial charge in [0.05, 0.1) is 12.0 Å². The zero-order valence-electron chi connectivity index (χ0n) is 13.6. The maximum Gasteiger partial charge on any atom is 0.219 e. The van der Waals surface area contributed by atoms with Crippen LogP contribution in [0.1, 0.15) is 16.8 Å². The van der Waals surface area contributed by atoms with E-state index >= 15 is 0 Å². The van der Waals surface area contributed by atoms with Gasteiger partial charge >= 0.3 is 0 Å². The molecule has 0 saturated heterocycles. The third kappa shape index (κ3) is 4.17. The molecule has 3 aromatic rings. The van der Waals surface area contributed by atoms with E-state index in [0.717, 1.165) is 0 Å². The van der Waals surface area contributed by atoms with E-state index in [1.54, 1.807) is 16.7 Å². The minimum absolute atomic E-state index is 0.0957. The average molecular weight is 374 g/mol.